The number of phenols is 1. The number of hydrogen-bond donors (Lipinski definition) is 1. The second-order valence-electron chi connectivity index (χ2n) is 5.40. The Kier molecular flexibility index (Phi) is 5.21. The minimum Gasteiger partial charge on any atom is -0.507 e. The van der Waals surface area contributed by atoms with E-state index in [-0.39, 0.29) is 0 Å². The van der Waals surface area contributed by atoms with Gasteiger partial charge in [0.25, 0.3) is 0 Å². The van der Waals surface area contributed by atoms with Crippen molar-refractivity contribution >= 4 is 0 Å². The van der Waals surface area contributed by atoms with Gasteiger partial charge in [-0.05, 0) is 58.6 Å². The fourth-order valence-corrected chi connectivity index (χ4v) is 1.87. The molecule has 0 aliphatic rings. The fourth-order valence-electron chi connectivity index (χ4n) is 1.87. The molecule has 18 heavy (non-hydrogen) atoms. The van der Waals surface area contributed by atoms with Crippen molar-refractivity contribution in [1.82, 2.24) is 0 Å². The highest BCUT2D eigenvalue weighted by Crippen LogP contribution is 2.26. The lowest BCUT2D eigenvalue weighted by atomic mass is 9.99. The smallest absolute Gasteiger partial charge is 0.122 e. The average Bonchev–Trinajstić information content (AvgIpc) is 2.27. The molecule has 1 aromatic rings. The van der Waals surface area contributed by atoms with Crippen molar-refractivity contribution in [2.75, 3.05) is 0 Å². The minimum absolute atomic E-state index is 0.454. The molecule has 0 atom stereocenters. The van der Waals surface area contributed by atoms with Crippen LogP contribution in [0.15, 0.2) is 35.4 Å². The van der Waals surface area contributed by atoms with Gasteiger partial charge < -0.3 is 5.11 Å². The van der Waals surface area contributed by atoms with Gasteiger partial charge in [0.05, 0.1) is 0 Å². The molecule has 0 fully saturated rings. The van der Waals surface area contributed by atoms with Crippen LogP contribution in [0.3, 0.4) is 0 Å². The van der Waals surface area contributed by atoms with Crippen molar-refractivity contribution in [3.8, 4) is 5.75 Å². The van der Waals surface area contributed by atoms with Crippen LogP contribution in [-0.4, -0.2) is 5.11 Å². The van der Waals surface area contributed by atoms with Crippen LogP contribution in [0.4, 0.5) is 0 Å². The molecule has 98 valence electrons. The maximum Gasteiger partial charge on any atom is 0.122 e. The van der Waals surface area contributed by atoms with Crippen molar-refractivity contribution in [3.63, 3.8) is 0 Å². The van der Waals surface area contributed by atoms with Crippen molar-refractivity contribution < 1.29 is 5.11 Å². The molecule has 1 aromatic carbocycles. The zero-order chi connectivity index (χ0) is 13.7. The van der Waals surface area contributed by atoms with E-state index in [0.29, 0.717) is 5.75 Å². The second-order valence-corrected chi connectivity index (χ2v) is 5.40. The predicted molar refractivity (Wildman–Crippen MR) is 79.1 cm³/mol. The summed E-state index contributed by atoms with van der Waals surface area (Å²) in [5.74, 6) is 0.454. The molecule has 0 heterocycles. The highest BCUT2D eigenvalue weighted by atomic mass is 16.3. The Balaban J connectivity index is 3.06. The van der Waals surface area contributed by atoms with Gasteiger partial charge in [-0.2, -0.15) is 0 Å². The first kappa shape index (κ1) is 14.6. The lowest BCUT2D eigenvalue weighted by Gasteiger charge is -2.09. The van der Waals surface area contributed by atoms with Gasteiger partial charge in [0.15, 0.2) is 0 Å². The fraction of sp³-hybridized carbons (Fsp3) is 0.412. The molecule has 1 heteroatoms. The largest absolute Gasteiger partial charge is 0.507 e. The third-order valence-corrected chi connectivity index (χ3v) is 2.87. The Bertz CT molecular complexity index is 429. The summed E-state index contributed by atoms with van der Waals surface area (Å²) in [5.41, 5.74) is 5.81. The summed E-state index contributed by atoms with van der Waals surface area (Å²) in [6.07, 6.45) is 5.91. The Labute approximate surface area is 111 Å². The van der Waals surface area contributed by atoms with Gasteiger partial charge in [-0.1, -0.05) is 41.0 Å². The second kappa shape index (κ2) is 6.44. The lowest BCUT2D eigenvalue weighted by molar-refractivity contribution is 0.464. The number of allylic oxidation sites excluding steroid dienone is 4. The Hall–Kier alpha value is -1.50. The normalized spacial score (nSPS) is 10.1. The predicted octanol–water partition coefficient (Wildman–Crippen LogP) is 4.72. The van der Waals surface area contributed by atoms with Crippen LogP contribution in [0, 0.1) is 6.92 Å². The Morgan fingerprint density at radius 2 is 1.33 bits per heavy atom. The average molecular weight is 244 g/mol. The van der Waals surface area contributed by atoms with Gasteiger partial charge >= 0.3 is 0 Å². The molecule has 0 unspecified atom stereocenters. The molecule has 0 saturated heterocycles. The zero-order valence-corrected chi connectivity index (χ0v) is 12.2. The molecule has 0 aromatic heterocycles. The number of rotatable bonds is 4. The SMILES string of the molecule is CC(C)=CCc1cc(C)cc(CC=C(C)C)c1O. The highest BCUT2D eigenvalue weighted by Gasteiger charge is 2.07. The van der Waals surface area contributed by atoms with Crippen LogP contribution in [0.1, 0.15) is 44.4 Å². The zero-order valence-electron chi connectivity index (χ0n) is 12.2. The van der Waals surface area contributed by atoms with E-state index in [4.69, 9.17) is 0 Å². The first-order valence-electron chi connectivity index (χ1n) is 6.48. The van der Waals surface area contributed by atoms with E-state index < -0.39 is 0 Å². The van der Waals surface area contributed by atoms with Gasteiger partial charge in [0.2, 0.25) is 0 Å². The summed E-state index contributed by atoms with van der Waals surface area (Å²) in [6.45, 7) is 10.4. The maximum absolute atomic E-state index is 10.3. The van der Waals surface area contributed by atoms with Gasteiger partial charge in [0, 0.05) is 0 Å². The van der Waals surface area contributed by atoms with E-state index in [9.17, 15) is 5.11 Å². The topological polar surface area (TPSA) is 20.2 Å². The molecule has 1 N–H and O–H groups in total. The number of aryl methyl sites for hydroxylation is 1. The third-order valence-electron chi connectivity index (χ3n) is 2.87. The van der Waals surface area contributed by atoms with Crippen LogP contribution in [-0.2, 0) is 12.8 Å². The number of hydrogen-bond acceptors (Lipinski definition) is 1. The minimum atomic E-state index is 0.454. The number of phenolic OH excluding ortho intramolecular Hbond substituents is 1. The van der Waals surface area contributed by atoms with Crippen LogP contribution in [0.2, 0.25) is 0 Å². The van der Waals surface area contributed by atoms with Crippen molar-refractivity contribution in [2.45, 2.75) is 47.5 Å². The van der Waals surface area contributed by atoms with Gasteiger partial charge in [0.1, 0.15) is 5.75 Å². The standard InChI is InChI=1S/C17H24O/c1-12(2)6-8-15-10-14(5)11-16(17(15)18)9-7-13(3)4/h6-7,10-11,18H,8-9H2,1-5H3. The Morgan fingerprint density at radius 1 is 0.944 bits per heavy atom. The Morgan fingerprint density at radius 3 is 1.67 bits per heavy atom. The first-order valence-corrected chi connectivity index (χ1v) is 6.48. The molecule has 1 nitrogen and oxygen atoms in total. The molecule has 0 aliphatic heterocycles. The monoisotopic (exact) mass is 244 g/mol. The first-order chi connectivity index (χ1) is 8.40. The molecule has 0 amide bonds. The molecule has 0 bridgehead atoms. The van der Waals surface area contributed by atoms with Crippen LogP contribution in [0.25, 0.3) is 0 Å². The van der Waals surface area contributed by atoms with Crippen molar-refractivity contribution in [2.24, 2.45) is 0 Å². The van der Waals surface area contributed by atoms with E-state index in [1.54, 1.807) is 0 Å². The van der Waals surface area contributed by atoms with Crippen LogP contribution < -0.4 is 0 Å². The van der Waals surface area contributed by atoms with E-state index >= 15 is 0 Å². The van der Waals surface area contributed by atoms with Gasteiger partial charge in [-0.3, -0.25) is 0 Å². The summed E-state index contributed by atoms with van der Waals surface area (Å²) in [5, 5.41) is 10.3. The number of benzene rings is 1. The summed E-state index contributed by atoms with van der Waals surface area (Å²) < 4.78 is 0. The summed E-state index contributed by atoms with van der Waals surface area (Å²) in [6, 6.07) is 4.14. The maximum atomic E-state index is 10.3. The molecular formula is C17H24O. The van der Waals surface area contributed by atoms with Crippen molar-refractivity contribution in [1.29, 1.82) is 0 Å². The molecule has 1 rings (SSSR count). The number of aromatic hydroxyl groups is 1. The van der Waals surface area contributed by atoms with Gasteiger partial charge in [-0.25, -0.2) is 0 Å². The van der Waals surface area contributed by atoms with Crippen LogP contribution >= 0.6 is 0 Å². The molecule has 0 aliphatic carbocycles. The molecule has 0 saturated carbocycles. The van der Waals surface area contributed by atoms with E-state index in [2.05, 4.69) is 58.9 Å². The molecular weight excluding hydrogens is 220 g/mol. The van der Waals surface area contributed by atoms with E-state index in [1.807, 2.05) is 0 Å². The van der Waals surface area contributed by atoms with Crippen molar-refractivity contribution in [3.05, 3.63) is 52.1 Å². The van der Waals surface area contributed by atoms with E-state index in [1.165, 1.54) is 16.7 Å². The van der Waals surface area contributed by atoms with E-state index in [0.717, 1.165) is 24.0 Å². The summed E-state index contributed by atoms with van der Waals surface area (Å²) in [7, 11) is 0. The van der Waals surface area contributed by atoms with Crippen LogP contribution in [0.5, 0.6) is 5.75 Å². The highest BCUT2D eigenvalue weighted by molar-refractivity contribution is 5.45. The third kappa shape index (κ3) is 4.40. The lowest BCUT2D eigenvalue weighted by Crippen LogP contribution is -1.92. The summed E-state index contributed by atoms with van der Waals surface area (Å²) >= 11 is 0. The van der Waals surface area contributed by atoms with Gasteiger partial charge in [-0.15, -0.1) is 0 Å². The molecule has 0 spiro atoms. The molecule has 0 radical (unpaired) electrons. The quantitative estimate of drug-likeness (QED) is 0.760. The summed E-state index contributed by atoms with van der Waals surface area (Å²) in [4.78, 5) is 0.